The zero-order valence-electron chi connectivity index (χ0n) is 13.1. The number of nitro benzene ring substituents is 1. The van der Waals surface area contributed by atoms with Crippen molar-refractivity contribution in [3.8, 4) is 5.75 Å². The second kappa shape index (κ2) is 7.71. The average Bonchev–Trinajstić information content (AvgIpc) is 2.83. The highest BCUT2D eigenvalue weighted by Gasteiger charge is 2.24. The highest BCUT2D eigenvalue weighted by molar-refractivity contribution is 5.83. The molecule has 0 unspecified atom stereocenters. The van der Waals surface area contributed by atoms with Crippen molar-refractivity contribution >= 4 is 17.9 Å². The van der Waals surface area contributed by atoms with E-state index in [1.165, 1.54) is 12.1 Å². The van der Waals surface area contributed by atoms with Gasteiger partial charge in [-0.1, -0.05) is 12.8 Å². The number of rotatable bonds is 5. The lowest BCUT2D eigenvalue weighted by molar-refractivity contribution is -0.384. The number of benzene rings is 1. The van der Waals surface area contributed by atoms with Gasteiger partial charge in [-0.05, 0) is 25.8 Å². The van der Waals surface area contributed by atoms with Crippen LogP contribution in [0.15, 0.2) is 18.2 Å². The molecule has 0 bridgehead atoms. The Balaban J connectivity index is 2.09. The molecule has 7 heteroatoms. The number of hydrogen-bond donors (Lipinski definition) is 0. The molecule has 1 aliphatic heterocycles. The molecule has 1 fully saturated rings. The fraction of sp³-hybridized carbons (Fsp3) is 0.500. The molecule has 2 rings (SSSR count). The van der Waals surface area contributed by atoms with E-state index >= 15 is 0 Å². The van der Waals surface area contributed by atoms with Gasteiger partial charge in [-0.2, -0.15) is 0 Å². The van der Waals surface area contributed by atoms with Crippen molar-refractivity contribution in [1.29, 1.82) is 0 Å². The molecule has 1 atom stereocenters. The van der Waals surface area contributed by atoms with Crippen LogP contribution < -0.4 is 4.74 Å². The monoisotopic (exact) mass is 320 g/mol. The van der Waals surface area contributed by atoms with Crippen LogP contribution in [-0.4, -0.2) is 41.2 Å². The molecule has 1 aromatic carbocycles. The second-order valence-corrected chi connectivity index (χ2v) is 5.60. The summed E-state index contributed by atoms with van der Waals surface area (Å²) >= 11 is 0. The summed E-state index contributed by atoms with van der Waals surface area (Å²) in [6, 6.07) is 3.75. The van der Waals surface area contributed by atoms with Gasteiger partial charge in [0.2, 0.25) is 0 Å². The van der Waals surface area contributed by atoms with Gasteiger partial charge in [0.15, 0.2) is 12.4 Å². The lowest BCUT2D eigenvalue weighted by atomic mass is 10.2. The van der Waals surface area contributed by atoms with Gasteiger partial charge < -0.3 is 9.64 Å². The van der Waals surface area contributed by atoms with E-state index in [0.29, 0.717) is 19.4 Å². The number of hydrogen-bond acceptors (Lipinski definition) is 5. The van der Waals surface area contributed by atoms with Crippen LogP contribution in [0.25, 0.3) is 0 Å². The minimum absolute atomic E-state index is 0.0646. The lowest BCUT2D eigenvalue weighted by Gasteiger charge is -2.24. The summed E-state index contributed by atoms with van der Waals surface area (Å²) in [4.78, 5) is 35.5. The molecule has 1 amide bonds. The Kier molecular flexibility index (Phi) is 5.67. The van der Waals surface area contributed by atoms with Crippen LogP contribution in [0, 0.1) is 10.1 Å². The van der Waals surface area contributed by atoms with Crippen LogP contribution >= 0.6 is 0 Å². The third kappa shape index (κ3) is 4.28. The van der Waals surface area contributed by atoms with Crippen LogP contribution in [0.1, 0.15) is 43.0 Å². The molecule has 0 N–H and O–H groups in total. The van der Waals surface area contributed by atoms with E-state index in [0.717, 1.165) is 31.7 Å². The van der Waals surface area contributed by atoms with E-state index in [9.17, 15) is 19.7 Å². The summed E-state index contributed by atoms with van der Waals surface area (Å²) in [6.07, 6.45) is 3.96. The largest absolute Gasteiger partial charge is 0.480 e. The lowest BCUT2D eigenvalue weighted by Crippen LogP contribution is -2.41. The van der Waals surface area contributed by atoms with E-state index in [1.54, 1.807) is 11.8 Å². The molecular formula is C16H20N2O5. The molecule has 7 nitrogen and oxygen atoms in total. The molecule has 124 valence electrons. The molecule has 0 spiro atoms. The number of nitro groups is 1. The summed E-state index contributed by atoms with van der Waals surface area (Å²) in [6.45, 7) is 3.06. The van der Waals surface area contributed by atoms with E-state index in [1.807, 2.05) is 0 Å². The predicted octanol–water partition coefficient (Wildman–Crippen LogP) is 2.58. The third-order valence-corrected chi connectivity index (χ3v) is 3.90. The van der Waals surface area contributed by atoms with Gasteiger partial charge in [0.1, 0.15) is 5.75 Å². The van der Waals surface area contributed by atoms with Gasteiger partial charge in [0, 0.05) is 25.2 Å². The smallest absolute Gasteiger partial charge is 0.270 e. The molecule has 1 aromatic rings. The minimum atomic E-state index is -0.742. The number of non-ortho nitro benzene ring substituents is 1. The number of carbonyl (C=O) groups excluding carboxylic acids is 2. The molecule has 23 heavy (non-hydrogen) atoms. The topological polar surface area (TPSA) is 89.7 Å². The Morgan fingerprint density at radius 1 is 1.30 bits per heavy atom. The fourth-order valence-electron chi connectivity index (χ4n) is 2.64. The van der Waals surface area contributed by atoms with Crippen LogP contribution in [-0.2, 0) is 4.79 Å². The fourth-order valence-corrected chi connectivity index (χ4v) is 2.64. The standard InChI is InChI=1S/C16H20N2O5/c1-12(16(20)17-8-4-2-3-5-9-17)23-15-7-6-14(18(21)22)10-13(15)11-19/h6-7,10-12H,2-5,8-9H2,1H3/t12-/m0/s1. The first-order valence-electron chi connectivity index (χ1n) is 7.72. The Labute approximate surface area is 134 Å². The SMILES string of the molecule is C[C@H](Oc1ccc([N+](=O)[O-])cc1C=O)C(=O)N1CCCCCC1. The van der Waals surface area contributed by atoms with Crippen molar-refractivity contribution in [2.75, 3.05) is 13.1 Å². The van der Waals surface area contributed by atoms with Gasteiger partial charge >= 0.3 is 0 Å². The van der Waals surface area contributed by atoms with Gasteiger partial charge in [-0.15, -0.1) is 0 Å². The first-order valence-corrected chi connectivity index (χ1v) is 7.72. The Bertz CT molecular complexity index is 594. The van der Waals surface area contributed by atoms with E-state index in [-0.39, 0.29) is 22.9 Å². The van der Waals surface area contributed by atoms with Gasteiger partial charge in [0.05, 0.1) is 10.5 Å². The van der Waals surface area contributed by atoms with E-state index < -0.39 is 11.0 Å². The normalized spacial score (nSPS) is 16.3. The van der Waals surface area contributed by atoms with Crippen LogP contribution in [0.4, 0.5) is 5.69 Å². The quantitative estimate of drug-likeness (QED) is 0.472. The molecular weight excluding hydrogens is 300 g/mol. The van der Waals surface area contributed by atoms with E-state index in [4.69, 9.17) is 4.74 Å². The zero-order chi connectivity index (χ0) is 16.8. The summed E-state index contributed by atoms with van der Waals surface area (Å²) in [7, 11) is 0. The number of likely N-dealkylation sites (tertiary alicyclic amines) is 1. The maximum Gasteiger partial charge on any atom is 0.270 e. The summed E-state index contributed by atoms with van der Waals surface area (Å²) in [5.41, 5.74) is -0.124. The van der Waals surface area contributed by atoms with Crippen molar-refractivity contribution < 1.29 is 19.2 Å². The predicted molar refractivity (Wildman–Crippen MR) is 83.6 cm³/mol. The number of amides is 1. The summed E-state index contributed by atoms with van der Waals surface area (Å²) in [5.74, 6) is 0.0587. The number of carbonyl (C=O) groups is 2. The maximum atomic E-state index is 12.4. The number of ether oxygens (including phenoxy) is 1. The molecule has 0 radical (unpaired) electrons. The van der Waals surface area contributed by atoms with Crippen molar-refractivity contribution in [2.24, 2.45) is 0 Å². The van der Waals surface area contributed by atoms with E-state index in [2.05, 4.69) is 0 Å². The first-order chi connectivity index (χ1) is 11.0. The van der Waals surface area contributed by atoms with Crippen molar-refractivity contribution in [3.63, 3.8) is 0 Å². The maximum absolute atomic E-state index is 12.4. The Hall–Kier alpha value is -2.44. The van der Waals surface area contributed by atoms with Gasteiger partial charge in [-0.25, -0.2) is 0 Å². The van der Waals surface area contributed by atoms with Crippen LogP contribution in [0.3, 0.4) is 0 Å². The van der Waals surface area contributed by atoms with Gasteiger partial charge in [0.25, 0.3) is 11.6 Å². The molecule has 0 aromatic heterocycles. The third-order valence-electron chi connectivity index (χ3n) is 3.90. The summed E-state index contributed by atoms with van der Waals surface area (Å²) in [5, 5.41) is 10.7. The Morgan fingerprint density at radius 3 is 2.52 bits per heavy atom. The average molecular weight is 320 g/mol. The second-order valence-electron chi connectivity index (χ2n) is 5.60. The summed E-state index contributed by atoms with van der Waals surface area (Å²) < 4.78 is 5.58. The van der Waals surface area contributed by atoms with Crippen LogP contribution in [0.5, 0.6) is 5.75 Å². The zero-order valence-corrected chi connectivity index (χ0v) is 13.1. The van der Waals surface area contributed by atoms with Gasteiger partial charge in [-0.3, -0.25) is 19.7 Å². The highest BCUT2D eigenvalue weighted by Crippen LogP contribution is 2.24. The molecule has 1 saturated heterocycles. The first kappa shape index (κ1) is 16.9. The number of aldehydes is 1. The molecule has 1 aliphatic rings. The van der Waals surface area contributed by atoms with Crippen molar-refractivity contribution in [2.45, 2.75) is 38.7 Å². The Morgan fingerprint density at radius 2 is 1.96 bits per heavy atom. The van der Waals surface area contributed by atoms with Crippen molar-refractivity contribution in [1.82, 2.24) is 4.90 Å². The number of nitrogens with zero attached hydrogens (tertiary/aromatic N) is 2. The highest BCUT2D eigenvalue weighted by atomic mass is 16.6. The minimum Gasteiger partial charge on any atom is -0.480 e. The molecule has 0 saturated carbocycles. The molecule has 1 heterocycles. The molecule has 0 aliphatic carbocycles. The van der Waals surface area contributed by atoms with Crippen LogP contribution in [0.2, 0.25) is 0 Å². The van der Waals surface area contributed by atoms with Crippen molar-refractivity contribution in [3.05, 3.63) is 33.9 Å².